The molecule has 13 heavy (non-hydrogen) atoms. The van der Waals surface area contributed by atoms with E-state index in [1.807, 2.05) is 13.8 Å². The van der Waals surface area contributed by atoms with E-state index in [0.717, 1.165) is 6.42 Å². The second-order valence-electron chi connectivity index (χ2n) is 3.00. The molecule has 0 unspecified atom stereocenters. The number of esters is 1. The molecule has 0 saturated carbocycles. The second-order valence-corrected chi connectivity index (χ2v) is 3.00. The van der Waals surface area contributed by atoms with E-state index in [4.69, 9.17) is 0 Å². The smallest absolute Gasteiger partial charge is 0.308 e. The lowest BCUT2D eigenvalue weighted by Gasteiger charge is -2.01. The van der Waals surface area contributed by atoms with Crippen molar-refractivity contribution in [2.24, 2.45) is 5.92 Å². The predicted molar refractivity (Wildman–Crippen MR) is 54.4 cm³/mol. The Bertz CT molecular complexity index is 180. The van der Waals surface area contributed by atoms with Crippen LogP contribution in [0.15, 0.2) is 24.3 Å². The van der Waals surface area contributed by atoms with Crippen molar-refractivity contribution in [3.05, 3.63) is 24.3 Å². The van der Waals surface area contributed by atoms with E-state index in [1.54, 1.807) is 6.92 Å². The number of ether oxygens (including phenoxy) is 1. The molecule has 0 radical (unpaired) electrons. The van der Waals surface area contributed by atoms with E-state index in [1.165, 1.54) is 0 Å². The molecule has 0 amide bonds. The van der Waals surface area contributed by atoms with E-state index in [0.29, 0.717) is 6.61 Å². The second kappa shape index (κ2) is 7.59. The highest BCUT2D eigenvalue weighted by Crippen LogP contribution is 1.94. The van der Waals surface area contributed by atoms with Crippen molar-refractivity contribution in [1.82, 2.24) is 0 Å². The first-order valence-corrected chi connectivity index (χ1v) is 4.66. The molecule has 0 atom stereocenters. The highest BCUT2D eigenvalue weighted by molar-refractivity contribution is 5.71. The first kappa shape index (κ1) is 11.9. The molecule has 0 N–H and O–H groups in total. The number of hydrogen-bond donors (Lipinski definition) is 0. The van der Waals surface area contributed by atoms with Gasteiger partial charge in [-0.1, -0.05) is 38.2 Å². The van der Waals surface area contributed by atoms with Crippen LogP contribution in [0.3, 0.4) is 0 Å². The van der Waals surface area contributed by atoms with Crippen LogP contribution in [0.5, 0.6) is 0 Å². The van der Waals surface area contributed by atoms with E-state index in [2.05, 4.69) is 29.0 Å². The first-order chi connectivity index (χ1) is 6.18. The maximum absolute atomic E-state index is 10.5. The van der Waals surface area contributed by atoms with Gasteiger partial charge in [0.05, 0.1) is 12.5 Å². The van der Waals surface area contributed by atoms with Gasteiger partial charge in [-0.05, 0) is 13.3 Å². The molecule has 2 nitrogen and oxygen atoms in total. The molecule has 0 aromatic heterocycles. The predicted octanol–water partition coefficient (Wildman–Crippen LogP) is 2.71. The van der Waals surface area contributed by atoms with Crippen molar-refractivity contribution in [2.45, 2.75) is 27.2 Å². The number of rotatable bonds is 2. The first-order valence-electron chi connectivity index (χ1n) is 4.66. The molecule has 1 aliphatic rings. The fourth-order valence-electron chi connectivity index (χ4n) is 0.702. The van der Waals surface area contributed by atoms with Gasteiger partial charge in [0, 0.05) is 0 Å². The van der Waals surface area contributed by atoms with Gasteiger partial charge in [0.2, 0.25) is 0 Å². The molecule has 0 aromatic rings. The average molecular weight is 182 g/mol. The summed E-state index contributed by atoms with van der Waals surface area (Å²) >= 11 is 0. The normalized spacial score (nSPS) is 12.6. The van der Waals surface area contributed by atoms with Crippen LogP contribution in [0.2, 0.25) is 0 Å². The van der Waals surface area contributed by atoms with Crippen molar-refractivity contribution in [3.63, 3.8) is 0 Å². The topological polar surface area (TPSA) is 26.3 Å². The number of hydrogen-bond acceptors (Lipinski definition) is 2. The minimum Gasteiger partial charge on any atom is -0.466 e. The number of carbonyl (C=O) groups excluding carboxylic acids is 1. The van der Waals surface area contributed by atoms with Gasteiger partial charge < -0.3 is 4.74 Å². The third-order valence-electron chi connectivity index (χ3n) is 1.41. The maximum atomic E-state index is 10.5. The molecule has 0 aliphatic heterocycles. The molecule has 0 heterocycles. The van der Waals surface area contributed by atoms with E-state index in [9.17, 15) is 4.79 Å². The SMILES string of the molecule is C1=CCC=C1.CCOC(=O)C(C)C. The zero-order chi connectivity index (χ0) is 10.1. The van der Waals surface area contributed by atoms with Crippen molar-refractivity contribution >= 4 is 5.97 Å². The molecule has 2 heteroatoms. The van der Waals surface area contributed by atoms with Crippen molar-refractivity contribution in [2.75, 3.05) is 6.61 Å². The Morgan fingerprint density at radius 2 is 1.92 bits per heavy atom. The van der Waals surface area contributed by atoms with Crippen molar-refractivity contribution in [3.8, 4) is 0 Å². The van der Waals surface area contributed by atoms with Crippen LogP contribution in [0.1, 0.15) is 27.2 Å². The molecule has 0 bridgehead atoms. The fourth-order valence-corrected chi connectivity index (χ4v) is 0.702. The van der Waals surface area contributed by atoms with Gasteiger partial charge in [-0.2, -0.15) is 0 Å². The van der Waals surface area contributed by atoms with Gasteiger partial charge in [-0.25, -0.2) is 0 Å². The van der Waals surface area contributed by atoms with Gasteiger partial charge in [0.25, 0.3) is 0 Å². The molecule has 1 aliphatic carbocycles. The van der Waals surface area contributed by atoms with E-state index >= 15 is 0 Å². The van der Waals surface area contributed by atoms with Crippen LogP contribution in [0.25, 0.3) is 0 Å². The molecule has 0 spiro atoms. The molecule has 1 rings (SSSR count). The Hall–Kier alpha value is -1.05. The molecule has 74 valence electrons. The Morgan fingerprint density at radius 3 is 2.08 bits per heavy atom. The number of carbonyl (C=O) groups is 1. The van der Waals surface area contributed by atoms with Gasteiger partial charge in [-0.15, -0.1) is 0 Å². The third kappa shape index (κ3) is 7.32. The summed E-state index contributed by atoms with van der Waals surface area (Å²) in [5.74, 6) is -0.109. The third-order valence-corrected chi connectivity index (χ3v) is 1.41. The highest BCUT2D eigenvalue weighted by Gasteiger charge is 2.04. The lowest BCUT2D eigenvalue weighted by atomic mass is 10.2. The van der Waals surface area contributed by atoms with Gasteiger partial charge in [0.1, 0.15) is 0 Å². The molecular formula is C11H18O2. The summed E-state index contributed by atoms with van der Waals surface area (Å²) in [6.07, 6.45) is 9.50. The largest absolute Gasteiger partial charge is 0.466 e. The maximum Gasteiger partial charge on any atom is 0.308 e. The number of allylic oxidation sites excluding steroid dienone is 4. The minimum atomic E-state index is -0.118. The molecule has 0 saturated heterocycles. The summed E-state index contributed by atoms with van der Waals surface area (Å²) in [5, 5.41) is 0. The van der Waals surface area contributed by atoms with Gasteiger partial charge in [-0.3, -0.25) is 4.79 Å². The van der Waals surface area contributed by atoms with Crippen LogP contribution in [0, 0.1) is 5.92 Å². The molecule has 0 fully saturated rings. The van der Waals surface area contributed by atoms with Crippen LogP contribution in [0.4, 0.5) is 0 Å². The fraction of sp³-hybridized carbons (Fsp3) is 0.545. The lowest BCUT2D eigenvalue weighted by Crippen LogP contribution is -2.10. The summed E-state index contributed by atoms with van der Waals surface area (Å²) < 4.78 is 4.66. The lowest BCUT2D eigenvalue weighted by molar-refractivity contribution is -0.146. The molecular weight excluding hydrogens is 164 g/mol. The van der Waals surface area contributed by atoms with Crippen molar-refractivity contribution in [1.29, 1.82) is 0 Å². The van der Waals surface area contributed by atoms with E-state index < -0.39 is 0 Å². The van der Waals surface area contributed by atoms with Crippen molar-refractivity contribution < 1.29 is 9.53 Å². The molecule has 0 aromatic carbocycles. The van der Waals surface area contributed by atoms with Crippen LogP contribution in [-0.2, 0) is 9.53 Å². The monoisotopic (exact) mass is 182 g/mol. The van der Waals surface area contributed by atoms with Crippen LogP contribution in [-0.4, -0.2) is 12.6 Å². The zero-order valence-electron chi connectivity index (χ0n) is 8.62. The van der Waals surface area contributed by atoms with Gasteiger partial charge in [0.15, 0.2) is 0 Å². The Labute approximate surface area is 80.3 Å². The Kier molecular flexibility index (Phi) is 6.98. The summed E-state index contributed by atoms with van der Waals surface area (Å²) in [7, 11) is 0. The zero-order valence-corrected chi connectivity index (χ0v) is 8.62. The standard InChI is InChI=1S/C6H12O2.C5H6/c1-4-8-6(7)5(2)3;1-2-4-5-3-1/h5H,4H2,1-3H3;1-4H,5H2. The summed E-state index contributed by atoms with van der Waals surface area (Å²) in [5.41, 5.74) is 0. The Morgan fingerprint density at radius 1 is 1.38 bits per heavy atom. The van der Waals surface area contributed by atoms with Gasteiger partial charge >= 0.3 is 5.97 Å². The van der Waals surface area contributed by atoms with Crippen LogP contribution < -0.4 is 0 Å². The summed E-state index contributed by atoms with van der Waals surface area (Å²) in [4.78, 5) is 10.5. The minimum absolute atomic E-state index is 0.00921. The van der Waals surface area contributed by atoms with E-state index in [-0.39, 0.29) is 11.9 Å². The Balaban J connectivity index is 0.000000243. The quantitative estimate of drug-likeness (QED) is 0.614. The summed E-state index contributed by atoms with van der Waals surface area (Å²) in [6.45, 7) is 5.92. The average Bonchev–Trinajstić information content (AvgIpc) is 2.61. The van der Waals surface area contributed by atoms with Crippen LogP contribution >= 0.6 is 0 Å². The summed E-state index contributed by atoms with van der Waals surface area (Å²) in [6, 6.07) is 0. The highest BCUT2D eigenvalue weighted by atomic mass is 16.5.